The Labute approximate surface area is 165 Å². The summed E-state index contributed by atoms with van der Waals surface area (Å²) in [7, 11) is -3.21. The summed E-state index contributed by atoms with van der Waals surface area (Å²) in [6.07, 6.45) is 0.898. The van der Waals surface area contributed by atoms with Crippen molar-refractivity contribution in [2.24, 2.45) is 0 Å². The number of rotatable bonds is 8. The second-order valence-electron chi connectivity index (χ2n) is 6.95. The number of hydrogen-bond donors (Lipinski definition) is 1. The van der Waals surface area contributed by atoms with Crippen LogP contribution in [0.5, 0.6) is 0 Å². The first-order valence-corrected chi connectivity index (χ1v) is 11.0. The standard InChI is InChI=1S/C21H25NO5S/c1-15(2)27-20(23)13-19(17-9-5-4-6-10-17)22-21(24)18-11-7-8-16(12-18)14-28(3,25)26/h4-12,15,19H,13-14H2,1-3H3,(H,22,24). The Kier molecular flexibility index (Phi) is 7.34. The molecule has 0 aliphatic rings. The molecule has 0 saturated heterocycles. The Morgan fingerprint density at radius 2 is 1.71 bits per heavy atom. The predicted molar refractivity (Wildman–Crippen MR) is 107 cm³/mol. The summed E-state index contributed by atoms with van der Waals surface area (Å²) in [5.74, 6) is -0.937. The number of benzene rings is 2. The minimum atomic E-state index is -3.21. The summed E-state index contributed by atoms with van der Waals surface area (Å²) in [5, 5.41) is 2.85. The van der Waals surface area contributed by atoms with E-state index in [0.717, 1.165) is 11.8 Å². The van der Waals surface area contributed by atoms with Gasteiger partial charge in [-0.05, 0) is 37.1 Å². The lowest BCUT2D eigenvalue weighted by Gasteiger charge is -2.19. The molecular weight excluding hydrogens is 378 g/mol. The van der Waals surface area contributed by atoms with E-state index >= 15 is 0 Å². The first-order valence-electron chi connectivity index (χ1n) is 8.96. The van der Waals surface area contributed by atoms with Crippen LogP contribution in [0.4, 0.5) is 0 Å². The van der Waals surface area contributed by atoms with Gasteiger partial charge >= 0.3 is 5.97 Å². The lowest BCUT2D eigenvalue weighted by atomic mass is 10.0. The highest BCUT2D eigenvalue weighted by Crippen LogP contribution is 2.19. The van der Waals surface area contributed by atoms with Gasteiger partial charge in [0.05, 0.1) is 24.3 Å². The monoisotopic (exact) mass is 403 g/mol. The molecule has 0 aliphatic heterocycles. The van der Waals surface area contributed by atoms with Crippen molar-refractivity contribution in [3.8, 4) is 0 Å². The first kappa shape index (κ1) is 21.6. The van der Waals surface area contributed by atoms with Gasteiger partial charge in [-0.15, -0.1) is 0 Å². The lowest BCUT2D eigenvalue weighted by Crippen LogP contribution is -2.31. The van der Waals surface area contributed by atoms with Crippen LogP contribution < -0.4 is 5.32 Å². The minimum Gasteiger partial charge on any atom is -0.463 e. The highest BCUT2D eigenvalue weighted by molar-refractivity contribution is 7.89. The molecule has 0 fully saturated rings. The maximum absolute atomic E-state index is 12.7. The Morgan fingerprint density at radius 3 is 2.32 bits per heavy atom. The van der Waals surface area contributed by atoms with Crippen molar-refractivity contribution in [1.29, 1.82) is 0 Å². The van der Waals surface area contributed by atoms with E-state index in [-0.39, 0.29) is 24.2 Å². The van der Waals surface area contributed by atoms with Crippen LogP contribution in [-0.4, -0.2) is 32.7 Å². The van der Waals surface area contributed by atoms with Crippen molar-refractivity contribution in [3.63, 3.8) is 0 Å². The third kappa shape index (κ3) is 7.15. The molecule has 0 saturated carbocycles. The van der Waals surface area contributed by atoms with Crippen molar-refractivity contribution < 1.29 is 22.7 Å². The van der Waals surface area contributed by atoms with E-state index in [4.69, 9.17) is 4.74 Å². The third-order valence-corrected chi connectivity index (χ3v) is 4.72. The van der Waals surface area contributed by atoms with E-state index in [1.54, 1.807) is 38.1 Å². The summed E-state index contributed by atoms with van der Waals surface area (Å²) >= 11 is 0. The molecule has 2 rings (SSSR count). The van der Waals surface area contributed by atoms with Crippen molar-refractivity contribution in [1.82, 2.24) is 5.32 Å². The molecule has 0 radical (unpaired) electrons. The van der Waals surface area contributed by atoms with Gasteiger partial charge in [0, 0.05) is 11.8 Å². The molecule has 1 amide bonds. The van der Waals surface area contributed by atoms with Gasteiger partial charge in [0.15, 0.2) is 9.84 Å². The number of amides is 1. The number of nitrogens with one attached hydrogen (secondary N) is 1. The Balaban J connectivity index is 2.20. The molecule has 6 nitrogen and oxygen atoms in total. The maximum Gasteiger partial charge on any atom is 0.308 e. The van der Waals surface area contributed by atoms with Crippen LogP contribution in [-0.2, 0) is 25.1 Å². The van der Waals surface area contributed by atoms with Crippen LogP contribution in [0.15, 0.2) is 54.6 Å². The van der Waals surface area contributed by atoms with E-state index in [2.05, 4.69) is 5.32 Å². The van der Waals surface area contributed by atoms with Crippen LogP contribution in [0.2, 0.25) is 0 Å². The van der Waals surface area contributed by atoms with E-state index in [1.807, 2.05) is 30.3 Å². The number of ether oxygens (including phenoxy) is 1. The van der Waals surface area contributed by atoms with Crippen LogP contribution in [0, 0.1) is 0 Å². The van der Waals surface area contributed by atoms with Gasteiger partial charge in [-0.2, -0.15) is 0 Å². The largest absolute Gasteiger partial charge is 0.463 e. The van der Waals surface area contributed by atoms with Gasteiger partial charge < -0.3 is 10.1 Å². The van der Waals surface area contributed by atoms with E-state index in [1.165, 1.54) is 0 Å². The van der Waals surface area contributed by atoms with Gasteiger partial charge in [0.25, 0.3) is 5.91 Å². The van der Waals surface area contributed by atoms with Crippen LogP contribution >= 0.6 is 0 Å². The molecule has 0 bridgehead atoms. The molecular formula is C21H25NO5S. The molecule has 2 aromatic rings. The van der Waals surface area contributed by atoms with Gasteiger partial charge in [-0.1, -0.05) is 42.5 Å². The molecule has 0 aliphatic carbocycles. The summed E-state index contributed by atoms with van der Waals surface area (Å²) in [4.78, 5) is 24.9. The topological polar surface area (TPSA) is 89.5 Å². The SMILES string of the molecule is CC(C)OC(=O)CC(NC(=O)c1cccc(CS(C)(=O)=O)c1)c1ccccc1. The molecule has 0 heterocycles. The highest BCUT2D eigenvalue weighted by atomic mass is 32.2. The Morgan fingerprint density at radius 1 is 1.04 bits per heavy atom. The number of carbonyl (C=O) groups is 2. The van der Waals surface area contributed by atoms with Crippen molar-refractivity contribution in [2.75, 3.05) is 6.26 Å². The summed E-state index contributed by atoms with van der Waals surface area (Å²) in [5.41, 5.74) is 1.65. The van der Waals surface area contributed by atoms with E-state index in [0.29, 0.717) is 11.1 Å². The first-order chi connectivity index (χ1) is 13.1. The summed E-state index contributed by atoms with van der Waals surface area (Å²) < 4.78 is 28.2. The zero-order valence-corrected chi connectivity index (χ0v) is 17.0. The van der Waals surface area contributed by atoms with Crippen LogP contribution in [0.1, 0.15) is 47.8 Å². The summed E-state index contributed by atoms with van der Waals surface area (Å²) in [6.45, 7) is 3.53. The molecule has 1 atom stereocenters. The molecule has 1 N–H and O–H groups in total. The predicted octanol–water partition coefficient (Wildman–Crippen LogP) is 3.04. The minimum absolute atomic E-state index is 0.00301. The third-order valence-electron chi connectivity index (χ3n) is 3.86. The van der Waals surface area contributed by atoms with Crippen LogP contribution in [0.25, 0.3) is 0 Å². The fourth-order valence-electron chi connectivity index (χ4n) is 2.76. The molecule has 1 unspecified atom stereocenters. The second-order valence-corrected chi connectivity index (χ2v) is 9.09. The number of carbonyl (C=O) groups excluding carboxylic acids is 2. The van der Waals surface area contributed by atoms with Gasteiger partial charge in [0.2, 0.25) is 0 Å². The Bertz CT molecular complexity index is 923. The number of hydrogen-bond acceptors (Lipinski definition) is 5. The second kappa shape index (κ2) is 9.50. The Hall–Kier alpha value is -2.67. The fourth-order valence-corrected chi connectivity index (χ4v) is 3.55. The average molecular weight is 404 g/mol. The highest BCUT2D eigenvalue weighted by Gasteiger charge is 2.21. The van der Waals surface area contributed by atoms with E-state index in [9.17, 15) is 18.0 Å². The number of esters is 1. The molecule has 150 valence electrons. The normalized spacial score (nSPS) is 12.4. The van der Waals surface area contributed by atoms with Gasteiger partial charge in [-0.3, -0.25) is 9.59 Å². The molecule has 28 heavy (non-hydrogen) atoms. The van der Waals surface area contributed by atoms with Crippen molar-refractivity contribution in [2.45, 2.75) is 38.2 Å². The van der Waals surface area contributed by atoms with E-state index < -0.39 is 21.8 Å². The average Bonchev–Trinajstić information content (AvgIpc) is 2.60. The zero-order chi connectivity index (χ0) is 20.7. The van der Waals surface area contributed by atoms with Crippen molar-refractivity contribution in [3.05, 3.63) is 71.3 Å². The smallest absolute Gasteiger partial charge is 0.308 e. The molecule has 0 spiro atoms. The summed E-state index contributed by atoms with van der Waals surface area (Å²) in [6, 6.07) is 15.1. The molecule has 2 aromatic carbocycles. The zero-order valence-electron chi connectivity index (χ0n) is 16.2. The van der Waals surface area contributed by atoms with Gasteiger partial charge in [0.1, 0.15) is 0 Å². The van der Waals surface area contributed by atoms with Gasteiger partial charge in [-0.25, -0.2) is 8.42 Å². The molecule has 0 aromatic heterocycles. The number of sulfone groups is 1. The lowest BCUT2D eigenvalue weighted by molar-refractivity contribution is -0.147. The van der Waals surface area contributed by atoms with Crippen molar-refractivity contribution >= 4 is 21.7 Å². The maximum atomic E-state index is 12.7. The quantitative estimate of drug-likeness (QED) is 0.684. The molecule has 7 heteroatoms. The fraction of sp³-hybridized carbons (Fsp3) is 0.333. The van der Waals surface area contributed by atoms with Crippen LogP contribution in [0.3, 0.4) is 0 Å².